The fourth-order valence-electron chi connectivity index (χ4n) is 1.43. The fraction of sp³-hybridized carbons (Fsp3) is 0.167. The van der Waals surface area contributed by atoms with E-state index in [1.54, 1.807) is 31.2 Å². The van der Waals surface area contributed by atoms with Gasteiger partial charge in [0.15, 0.2) is 6.61 Å². The molecule has 0 aliphatic rings. The van der Waals surface area contributed by atoms with Crippen LogP contribution in [0.2, 0.25) is 0 Å². The lowest BCUT2D eigenvalue weighted by Crippen LogP contribution is -2.20. The molecule has 110 valence electrons. The summed E-state index contributed by atoms with van der Waals surface area (Å²) < 4.78 is 9.03. The van der Waals surface area contributed by atoms with E-state index < -0.39 is 18.6 Å². The number of nitrogens with zero attached hydrogens (tertiary/aromatic N) is 2. The maximum absolute atomic E-state index is 11.8. The predicted octanol–water partition coefficient (Wildman–Crippen LogP) is 1.95. The Hall–Kier alpha value is -2.68. The number of aromatic nitrogens is 2. The molecule has 0 bridgehead atoms. The van der Waals surface area contributed by atoms with Gasteiger partial charge in [0, 0.05) is 11.5 Å². The highest BCUT2D eigenvalue weighted by Crippen LogP contribution is 2.24. The molecule has 0 fully saturated rings. The van der Waals surface area contributed by atoms with Crippen LogP contribution in [0.4, 0.5) is 15.6 Å². The van der Waals surface area contributed by atoms with Crippen molar-refractivity contribution in [1.29, 1.82) is 0 Å². The summed E-state index contributed by atoms with van der Waals surface area (Å²) in [7, 11) is 0. The molecule has 1 aromatic carbocycles. The van der Waals surface area contributed by atoms with Gasteiger partial charge in [-0.15, -0.1) is 0 Å². The van der Waals surface area contributed by atoms with Crippen molar-refractivity contribution in [1.82, 2.24) is 9.36 Å². The van der Waals surface area contributed by atoms with Crippen molar-refractivity contribution in [2.45, 2.75) is 6.92 Å². The van der Waals surface area contributed by atoms with E-state index in [0.29, 0.717) is 16.6 Å². The van der Waals surface area contributed by atoms with Gasteiger partial charge in [0.2, 0.25) is 5.13 Å². The zero-order chi connectivity index (χ0) is 15.2. The number of hydrogen-bond acceptors (Lipinski definition) is 6. The summed E-state index contributed by atoms with van der Waals surface area (Å²) in [6.07, 6.45) is 0. The number of benzene rings is 1. The molecule has 2 aromatic rings. The molecule has 9 heteroatoms. The number of anilines is 2. The van der Waals surface area contributed by atoms with Gasteiger partial charge in [0.1, 0.15) is 11.6 Å². The lowest BCUT2D eigenvalue weighted by molar-refractivity contribution is -0.139. The van der Waals surface area contributed by atoms with Crippen LogP contribution >= 0.6 is 11.5 Å². The second kappa shape index (κ2) is 6.66. The number of carboxylic acid groups (broad SMARTS) is 1. The smallest absolute Gasteiger partial charge is 0.341 e. The van der Waals surface area contributed by atoms with Gasteiger partial charge >= 0.3 is 12.0 Å². The van der Waals surface area contributed by atoms with Gasteiger partial charge in [0.05, 0.1) is 5.69 Å². The molecule has 2 amide bonds. The van der Waals surface area contributed by atoms with Gasteiger partial charge in [-0.3, -0.25) is 5.32 Å². The Morgan fingerprint density at radius 1 is 1.33 bits per heavy atom. The molecular weight excluding hydrogens is 296 g/mol. The first-order valence-corrected chi connectivity index (χ1v) is 6.64. The standard InChI is InChI=1S/C12H12N4O4S/c1-7-13-12(21-16-7)15-11(19)14-8-4-2-3-5-9(8)20-6-10(17)18/h2-5H,6H2,1H3,(H,17,18)(H2,13,14,15,16,19). The molecule has 3 N–H and O–H groups in total. The largest absolute Gasteiger partial charge is 0.480 e. The zero-order valence-corrected chi connectivity index (χ0v) is 11.8. The lowest BCUT2D eigenvalue weighted by Gasteiger charge is -2.10. The van der Waals surface area contributed by atoms with Gasteiger partial charge in [-0.05, 0) is 19.1 Å². The minimum Gasteiger partial charge on any atom is -0.480 e. The van der Waals surface area contributed by atoms with Gasteiger partial charge in [0.25, 0.3) is 0 Å². The monoisotopic (exact) mass is 308 g/mol. The third-order valence-electron chi connectivity index (χ3n) is 2.23. The van der Waals surface area contributed by atoms with Crippen LogP contribution in [0.1, 0.15) is 5.82 Å². The number of hydrogen-bond donors (Lipinski definition) is 3. The first kappa shape index (κ1) is 14.7. The van der Waals surface area contributed by atoms with E-state index in [1.165, 1.54) is 0 Å². The highest BCUT2D eigenvalue weighted by atomic mass is 32.1. The minimum absolute atomic E-state index is 0.267. The Balaban J connectivity index is 2.01. The van der Waals surface area contributed by atoms with Crippen LogP contribution in [0.25, 0.3) is 0 Å². The second-order valence-corrected chi connectivity index (χ2v) is 4.66. The first-order chi connectivity index (χ1) is 10.0. The average Bonchev–Trinajstić information content (AvgIpc) is 2.83. The van der Waals surface area contributed by atoms with E-state index in [2.05, 4.69) is 20.0 Å². The van der Waals surface area contributed by atoms with Crippen LogP contribution in [0.5, 0.6) is 5.75 Å². The number of ether oxygens (including phenoxy) is 1. The Morgan fingerprint density at radius 2 is 2.10 bits per heavy atom. The van der Waals surface area contributed by atoms with Crippen LogP contribution in [0.15, 0.2) is 24.3 Å². The average molecular weight is 308 g/mol. The number of carbonyl (C=O) groups excluding carboxylic acids is 1. The SMILES string of the molecule is Cc1nsc(NC(=O)Nc2ccccc2OCC(=O)O)n1. The molecule has 0 radical (unpaired) electrons. The molecule has 0 saturated carbocycles. The maximum atomic E-state index is 11.8. The molecule has 2 rings (SSSR count). The normalized spacial score (nSPS) is 9.95. The Morgan fingerprint density at radius 3 is 2.76 bits per heavy atom. The number of nitrogens with one attached hydrogen (secondary N) is 2. The van der Waals surface area contributed by atoms with Gasteiger partial charge in [-0.1, -0.05) is 12.1 Å². The van der Waals surface area contributed by atoms with E-state index in [1.807, 2.05) is 0 Å². The number of amides is 2. The van der Waals surface area contributed by atoms with E-state index in [0.717, 1.165) is 11.5 Å². The van der Waals surface area contributed by atoms with Crippen molar-refractivity contribution in [3.63, 3.8) is 0 Å². The van der Waals surface area contributed by atoms with E-state index >= 15 is 0 Å². The Bertz CT molecular complexity index is 658. The molecular formula is C12H12N4O4S. The summed E-state index contributed by atoms with van der Waals surface area (Å²) >= 11 is 1.06. The number of aryl methyl sites for hydroxylation is 1. The fourth-order valence-corrected chi connectivity index (χ4v) is 2.00. The van der Waals surface area contributed by atoms with Gasteiger partial charge in [-0.25, -0.2) is 14.6 Å². The third-order valence-corrected chi connectivity index (χ3v) is 2.96. The van der Waals surface area contributed by atoms with Crippen molar-refractivity contribution < 1.29 is 19.4 Å². The Labute approximate surface area is 123 Å². The molecule has 8 nitrogen and oxygen atoms in total. The van der Waals surface area contributed by atoms with Crippen LogP contribution < -0.4 is 15.4 Å². The summed E-state index contributed by atoms with van der Waals surface area (Å²) in [5.41, 5.74) is 0.359. The van der Waals surface area contributed by atoms with Crippen molar-refractivity contribution in [3.05, 3.63) is 30.1 Å². The van der Waals surface area contributed by atoms with E-state index in [4.69, 9.17) is 9.84 Å². The quantitative estimate of drug-likeness (QED) is 0.778. The van der Waals surface area contributed by atoms with Crippen LogP contribution in [0, 0.1) is 6.92 Å². The Kier molecular flexibility index (Phi) is 4.67. The third kappa shape index (κ3) is 4.42. The summed E-state index contributed by atoms with van der Waals surface area (Å²) in [6.45, 7) is 1.23. The summed E-state index contributed by atoms with van der Waals surface area (Å²) in [4.78, 5) is 26.3. The molecule has 0 spiro atoms. The van der Waals surface area contributed by atoms with Crippen LogP contribution in [0.3, 0.4) is 0 Å². The molecule has 0 saturated heterocycles. The topological polar surface area (TPSA) is 113 Å². The van der Waals surface area contributed by atoms with Crippen molar-refractivity contribution >= 4 is 34.4 Å². The van der Waals surface area contributed by atoms with Crippen LogP contribution in [-0.2, 0) is 4.79 Å². The van der Waals surface area contributed by atoms with Crippen molar-refractivity contribution in [2.24, 2.45) is 0 Å². The van der Waals surface area contributed by atoms with Gasteiger partial charge in [-0.2, -0.15) is 4.37 Å². The molecule has 0 unspecified atom stereocenters. The molecule has 0 aliphatic carbocycles. The molecule has 1 heterocycles. The number of carbonyl (C=O) groups is 2. The molecule has 1 aromatic heterocycles. The van der Waals surface area contributed by atoms with Crippen LogP contribution in [-0.4, -0.2) is 33.1 Å². The zero-order valence-electron chi connectivity index (χ0n) is 11.0. The first-order valence-electron chi connectivity index (χ1n) is 5.86. The summed E-state index contributed by atoms with van der Waals surface area (Å²) in [5.74, 6) is -0.262. The molecule has 0 aliphatic heterocycles. The summed E-state index contributed by atoms with van der Waals surface area (Å²) in [6, 6.07) is 6.01. The second-order valence-electron chi connectivity index (χ2n) is 3.90. The maximum Gasteiger partial charge on any atom is 0.341 e. The number of carboxylic acids is 1. The van der Waals surface area contributed by atoms with Gasteiger partial charge < -0.3 is 15.2 Å². The highest BCUT2D eigenvalue weighted by Gasteiger charge is 2.10. The number of rotatable bonds is 5. The predicted molar refractivity (Wildman–Crippen MR) is 76.9 cm³/mol. The lowest BCUT2D eigenvalue weighted by atomic mass is 10.3. The number of aliphatic carboxylic acids is 1. The highest BCUT2D eigenvalue weighted by molar-refractivity contribution is 7.09. The molecule has 21 heavy (non-hydrogen) atoms. The number of urea groups is 1. The van der Waals surface area contributed by atoms with Crippen molar-refractivity contribution in [3.8, 4) is 5.75 Å². The molecule has 0 atom stereocenters. The van der Waals surface area contributed by atoms with Crippen molar-refractivity contribution in [2.75, 3.05) is 17.2 Å². The summed E-state index contributed by atoms with van der Waals surface area (Å²) in [5, 5.41) is 14.1. The van der Waals surface area contributed by atoms with E-state index in [9.17, 15) is 9.59 Å². The van der Waals surface area contributed by atoms with E-state index in [-0.39, 0.29) is 5.75 Å². The number of para-hydroxylation sites is 2. The minimum atomic E-state index is -1.10.